The van der Waals surface area contributed by atoms with E-state index >= 15 is 0 Å². The van der Waals surface area contributed by atoms with E-state index in [0.29, 0.717) is 17.2 Å². The highest BCUT2D eigenvalue weighted by Gasteiger charge is 2.38. The summed E-state index contributed by atoms with van der Waals surface area (Å²) >= 11 is 5.42. The largest absolute Gasteiger partial charge is 0.497 e. The Morgan fingerprint density at radius 1 is 0.917 bits per heavy atom. The van der Waals surface area contributed by atoms with Gasteiger partial charge >= 0.3 is 5.97 Å². The van der Waals surface area contributed by atoms with Gasteiger partial charge in [-0.25, -0.2) is 4.79 Å². The molecule has 0 saturated heterocycles. The Morgan fingerprint density at radius 2 is 1.50 bits per heavy atom. The molecule has 1 aliphatic rings. The Kier molecular flexibility index (Phi) is 7.55. The smallest absolute Gasteiger partial charge is 0.328 e. The molecule has 1 aliphatic heterocycles. The first-order valence-corrected chi connectivity index (χ1v) is 12.1. The van der Waals surface area contributed by atoms with E-state index in [1.54, 1.807) is 12.0 Å². The van der Waals surface area contributed by atoms with Crippen molar-refractivity contribution in [3.63, 3.8) is 0 Å². The fourth-order valence-electron chi connectivity index (χ4n) is 4.32. The molecule has 2 N–H and O–H groups in total. The number of thiocarbonyl (C=S) groups is 1. The van der Waals surface area contributed by atoms with Gasteiger partial charge in [-0.2, -0.15) is 0 Å². The van der Waals surface area contributed by atoms with Crippen molar-refractivity contribution in [1.82, 2.24) is 4.90 Å². The molecule has 36 heavy (non-hydrogen) atoms. The highest BCUT2D eigenvalue weighted by atomic mass is 32.1. The van der Waals surface area contributed by atoms with Crippen LogP contribution in [0.25, 0.3) is 11.1 Å². The normalized spacial score (nSPS) is 13.2. The molecule has 1 amide bonds. The summed E-state index contributed by atoms with van der Waals surface area (Å²) in [4.78, 5) is 27.1. The van der Waals surface area contributed by atoms with Gasteiger partial charge in [-0.1, -0.05) is 38.1 Å². The van der Waals surface area contributed by atoms with E-state index in [2.05, 4.69) is 10.6 Å². The summed E-state index contributed by atoms with van der Waals surface area (Å²) in [6, 6.07) is 20.6. The van der Waals surface area contributed by atoms with Crippen LogP contribution in [0.2, 0.25) is 0 Å². The van der Waals surface area contributed by atoms with Gasteiger partial charge in [0.2, 0.25) is 0 Å². The lowest BCUT2D eigenvalue weighted by atomic mass is 10.00. The molecule has 0 aromatic heterocycles. The Balaban J connectivity index is 1.45. The fraction of sp³-hybridized carbons (Fsp3) is 0.250. The zero-order valence-electron chi connectivity index (χ0n) is 20.7. The molecular weight excluding hydrogens is 474 g/mol. The molecule has 4 rings (SSSR count). The molecule has 1 heterocycles. The van der Waals surface area contributed by atoms with Gasteiger partial charge in [0.25, 0.3) is 5.91 Å². The third-order valence-corrected chi connectivity index (χ3v) is 6.38. The van der Waals surface area contributed by atoms with Crippen LogP contribution in [-0.2, 0) is 16.1 Å². The minimum absolute atomic E-state index is 0.0551. The van der Waals surface area contributed by atoms with Crippen LogP contribution in [0, 0.1) is 5.92 Å². The molecule has 0 bridgehead atoms. The molecule has 1 atom stereocenters. The molecule has 0 unspecified atom stereocenters. The van der Waals surface area contributed by atoms with Crippen LogP contribution in [0.1, 0.15) is 29.8 Å². The van der Waals surface area contributed by atoms with Crippen molar-refractivity contribution >= 4 is 40.6 Å². The number of nitrogens with one attached hydrogen (secondary N) is 2. The van der Waals surface area contributed by atoms with E-state index in [9.17, 15) is 9.59 Å². The van der Waals surface area contributed by atoms with E-state index in [0.717, 1.165) is 33.8 Å². The molecule has 0 saturated carbocycles. The average Bonchev–Trinajstić information content (AvgIpc) is 3.19. The number of hydrogen-bond acceptors (Lipinski definition) is 5. The number of amides is 1. The van der Waals surface area contributed by atoms with Crippen LogP contribution in [0.3, 0.4) is 0 Å². The quantitative estimate of drug-likeness (QED) is 0.333. The molecule has 3 aromatic rings. The number of hydrogen-bond donors (Lipinski definition) is 2. The van der Waals surface area contributed by atoms with Crippen LogP contribution in [0.15, 0.2) is 66.7 Å². The second-order valence-electron chi connectivity index (χ2n) is 8.90. The molecule has 0 spiro atoms. The van der Waals surface area contributed by atoms with Gasteiger partial charge < -0.3 is 25.0 Å². The van der Waals surface area contributed by atoms with E-state index in [1.807, 2.05) is 80.6 Å². The summed E-state index contributed by atoms with van der Waals surface area (Å²) in [5.41, 5.74) is 5.12. The zero-order chi connectivity index (χ0) is 25.8. The van der Waals surface area contributed by atoms with E-state index in [-0.39, 0.29) is 11.8 Å². The van der Waals surface area contributed by atoms with Crippen LogP contribution < -0.4 is 15.4 Å². The Hall–Kier alpha value is -3.91. The first-order chi connectivity index (χ1) is 17.3. The molecule has 3 aromatic carbocycles. The van der Waals surface area contributed by atoms with E-state index < -0.39 is 12.0 Å². The average molecular weight is 504 g/mol. The van der Waals surface area contributed by atoms with Crippen molar-refractivity contribution in [2.24, 2.45) is 5.92 Å². The van der Waals surface area contributed by atoms with Gasteiger partial charge in [0.05, 0.1) is 14.2 Å². The number of rotatable bonds is 7. The van der Waals surface area contributed by atoms with Crippen LogP contribution in [0.4, 0.5) is 11.4 Å². The number of carbonyl (C=O) groups is 2. The highest BCUT2D eigenvalue weighted by Crippen LogP contribution is 2.32. The number of benzene rings is 3. The predicted octanol–water partition coefficient (Wildman–Crippen LogP) is 5.32. The highest BCUT2D eigenvalue weighted by molar-refractivity contribution is 7.80. The summed E-state index contributed by atoms with van der Waals surface area (Å²) in [5, 5.41) is 6.79. The number of carbonyl (C=O) groups excluding carboxylic acids is 2. The van der Waals surface area contributed by atoms with Crippen molar-refractivity contribution in [1.29, 1.82) is 0 Å². The lowest BCUT2D eigenvalue weighted by Crippen LogP contribution is -2.45. The summed E-state index contributed by atoms with van der Waals surface area (Å²) < 4.78 is 10.1. The van der Waals surface area contributed by atoms with Crippen molar-refractivity contribution < 1.29 is 19.1 Å². The van der Waals surface area contributed by atoms with Gasteiger partial charge in [0, 0.05) is 23.5 Å². The first kappa shape index (κ1) is 25.2. The minimum Gasteiger partial charge on any atom is -0.497 e. The van der Waals surface area contributed by atoms with Gasteiger partial charge in [0.15, 0.2) is 5.11 Å². The van der Waals surface area contributed by atoms with Crippen molar-refractivity contribution in [2.75, 3.05) is 24.9 Å². The van der Waals surface area contributed by atoms with Gasteiger partial charge in [-0.15, -0.1) is 0 Å². The summed E-state index contributed by atoms with van der Waals surface area (Å²) in [6.45, 7) is 4.22. The molecule has 0 fully saturated rings. The standard InChI is InChI=1S/C28H29N3O4S/c1-17(2)25(27(33)35-4)31-16-20-6-5-19(15-24(20)26(31)32)18-7-9-21(10-8-18)29-28(36)30-22-11-13-23(34-3)14-12-22/h5-15,17,25H,16H2,1-4H3,(H2,29,30,36)/t25-/m0/s1. The lowest BCUT2D eigenvalue weighted by molar-refractivity contribution is -0.147. The van der Waals surface area contributed by atoms with E-state index in [1.165, 1.54) is 7.11 Å². The summed E-state index contributed by atoms with van der Waals surface area (Å²) in [6.07, 6.45) is 0. The van der Waals surface area contributed by atoms with Gasteiger partial charge in [-0.3, -0.25) is 4.79 Å². The molecule has 0 aliphatic carbocycles. The van der Waals surface area contributed by atoms with E-state index in [4.69, 9.17) is 21.7 Å². The second kappa shape index (κ2) is 10.8. The van der Waals surface area contributed by atoms with Crippen LogP contribution >= 0.6 is 12.2 Å². The van der Waals surface area contributed by atoms with Crippen LogP contribution in [-0.4, -0.2) is 42.2 Å². The monoisotopic (exact) mass is 503 g/mol. The Labute approximate surface area is 216 Å². The minimum atomic E-state index is -0.612. The summed E-state index contributed by atoms with van der Waals surface area (Å²) in [5.74, 6) is 0.178. The topological polar surface area (TPSA) is 79.9 Å². The number of ether oxygens (including phenoxy) is 2. The molecule has 8 heteroatoms. The Morgan fingerprint density at radius 3 is 2.06 bits per heavy atom. The zero-order valence-corrected chi connectivity index (χ0v) is 21.5. The Bertz CT molecular complexity index is 1270. The maximum absolute atomic E-state index is 13.2. The molecular formula is C28H29N3O4S. The molecule has 0 radical (unpaired) electrons. The number of nitrogens with zero attached hydrogens (tertiary/aromatic N) is 1. The number of methoxy groups -OCH3 is 2. The maximum atomic E-state index is 13.2. The van der Waals surface area contributed by atoms with Gasteiger partial charge in [-0.05, 0) is 77.3 Å². The lowest BCUT2D eigenvalue weighted by Gasteiger charge is -2.28. The first-order valence-electron chi connectivity index (χ1n) is 11.6. The van der Waals surface area contributed by atoms with Crippen molar-refractivity contribution in [3.05, 3.63) is 77.9 Å². The molecule has 7 nitrogen and oxygen atoms in total. The fourth-order valence-corrected chi connectivity index (χ4v) is 4.56. The number of anilines is 2. The third-order valence-electron chi connectivity index (χ3n) is 6.18. The SMILES string of the molecule is COC(=O)[C@H](C(C)C)N1Cc2ccc(-c3ccc(NC(=S)Nc4ccc(OC)cc4)cc3)cc2C1=O. The maximum Gasteiger partial charge on any atom is 0.328 e. The third kappa shape index (κ3) is 5.33. The van der Waals surface area contributed by atoms with Crippen LogP contribution in [0.5, 0.6) is 5.75 Å². The van der Waals surface area contributed by atoms with Gasteiger partial charge in [0.1, 0.15) is 11.8 Å². The summed E-state index contributed by atoms with van der Waals surface area (Å²) in [7, 11) is 2.98. The van der Waals surface area contributed by atoms with Crippen molar-refractivity contribution in [3.8, 4) is 16.9 Å². The second-order valence-corrected chi connectivity index (χ2v) is 9.31. The molecule has 186 valence electrons. The number of esters is 1. The number of fused-ring (bicyclic) bond motifs is 1. The van der Waals surface area contributed by atoms with Crippen molar-refractivity contribution in [2.45, 2.75) is 26.4 Å². The predicted molar refractivity (Wildman–Crippen MR) is 145 cm³/mol.